The van der Waals surface area contributed by atoms with Gasteiger partial charge < -0.3 is 9.84 Å². The van der Waals surface area contributed by atoms with Crippen LogP contribution in [0, 0.1) is 24.0 Å². The highest BCUT2D eigenvalue weighted by Crippen LogP contribution is 2.25. The van der Waals surface area contributed by atoms with E-state index in [1.165, 1.54) is 12.1 Å². The zero-order valence-electron chi connectivity index (χ0n) is 13.7. The summed E-state index contributed by atoms with van der Waals surface area (Å²) in [4.78, 5) is 21.7. The quantitative estimate of drug-likeness (QED) is 0.488. The van der Waals surface area contributed by atoms with Crippen molar-refractivity contribution in [3.63, 3.8) is 0 Å². The van der Waals surface area contributed by atoms with Crippen molar-refractivity contribution in [3.8, 4) is 11.5 Å². The lowest BCUT2D eigenvalue weighted by atomic mass is 10.1. The molecule has 0 atom stereocenters. The first-order chi connectivity index (χ1) is 11.9. The lowest BCUT2D eigenvalue weighted by molar-refractivity contribution is -0.398. The van der Waals surface area contributed by atoms with Crippen molar-refractivity contribution in [2.75, 3.05) is 6.61 Å². The molecule has 0 saturated heterocycles. The summed E-state index contributed by atoms with van der Waals surface area (Å²) >= 11 is 0. The van der Waals surface area contributed by atoms with Crippen LogP contribution in [0.25, 0.3) is 0 Å². The lowest BCUT2D eigenvalue weighted by Gasteiger charge is -2.10. The third-order valence-corrected chi connectivity index (χ3v) is 3.32. The van der Waals surface area contributed by atoms with Crippen molar-refractivity contribution in [3.05, 3.63) is 63.2 Å². The van der Waals surface area contributed by atoms with Crippen LogP contribution >= 0.6 is 0 Å². The zero-order valence-corrected chi connectivity index (χ0v) is 13.7. The zero-order chi connectivity index (χ0) is 18.4. The van der Waals surface area contributed by atoms with E-state index in [-0.39, 0.29) is 12.2 Å². The molecule has 2 aromatic rings. The van der Waals surface area contributed by atoms with Crippen molar-refractivity contribution in [1.82, 2.24) is 5.43 Å². The third-order valence-electron chi connectivity index (χ3n) is 3.32. The second-order valence-electron chi connectivity index (χ2n) is 5.30. The predicted molar refractivity (Wildman–Crippen MR) is 89.7 cm³/mol. The number of aryl methyl sites for hydroxylation is 2. The minimum Gasteiger partial charge on any atom is -0.867 e. The SMILES string of the molecule is Cc1ccc(C)c(OCC(=O)NN=Cc2cccc([N+](=O)[O-])c2[O-])c1. The van der Waals surface area contributed by atoms with Crippen LogP contribution in [0.3, 0.4) is 0 Å². The third kappa shape index (κ3) is 4.77. The molecule has 0 spiro atoms. The van der Waals surface area contributed by atoms with Gasteiger partial charge in [-0.1, -0.05) is 24.3 Å². The van der Waals surface area contributed by atoms with Gasteiger partial charge in [0.15, 0.2) is 6.61 Å². The molecule has 0 fully saturated rings. The number of carbonyl (C=O) groups excluding carboxylic acids is 1. The van der Waals surface area contributed by atoms with E-state index < -0.39 is 22.3 Å². The number of nitrogens with zero attached hydrogens (tertiary/aromatic N) is 2. The summed E-state index contributed by atoms with van der Waals surface area (Å²) in [6.07, 6.45) is 1.06. The summed E-state index contributed by atoms with van der Waals surface area (Å²) in [6, 6.07) is 9.49. The number of ether oxygens (including phenoxy) is 1. The average Bonchev–Trinajstić information content (AvgIpc) is 2.57. The summed E-state index contributed by atoms with van der Waals surface area (Å²) in [5, 5.41) is 26.1. The molecule has 2 rings (SSSR count). The second-order valence-corrected chi connectivity index (χ2v) is 5.30. The normalized spacial score (nSPS) is 10.6. The van der Waals surface area contributed by atoms with Crippen LogP contribution in [0.5, 0.6) is 11.5 Å². The molecule has 0 radical (unpaired) electrons. The van der Waals surface area contributed by atoms with Gasteiger partial charge in [0.2, 0.25) is 0 Å². The number of nitro benzene ring substituents is 1. The number of para-hydroxylation sites is 1. The van der Waals surface area contributed by atoms with Crippen molar-refractivity contribution in [2.24, 2.45) is 5.10 Å². The first kappa shape index (κ1) is 17.9. The topological polar surface area (TPSA) is 117 Å². The molecule has 8 nitrogen and oxygen atoms in total. The maximum absolute atomic E-state index is 11.8. The van der Waals surface area contributed by atoms with E-state index in [0.717, 1.165) is 23.4 Å². The molecule has 130 valence electrons. The largest absolute Gasteiger partial charge is 0.867 e. The fraction of sp³-hybridized carbons (Fsp3) is 0.176. The smallest absolute Gasteiger partial charge is 0.277 e. The predicted octanol–water partition coefficient (Wildman–Crippen LogP) is 1.81. The van der Waals surface area contributed by atoms with Crippen LogP contribution in [0.15, 0.2) is 41.5 Å². The summed E-state index contributed by atoms with van der Waals surface area (Å²) in [5.41, 5.74) is 3.57. The van der Waals surface area contributed by atoms with Crippen LogP contribution < -0.4 is 15.3 Å². The van der Waals surface area contributed by atoms with Gasteiger partial charge in [-0.05, 0) is 42.4 Å². The highest BCUT2D eigenvalue weighted by Gasteiger charge is 2.08. The fourth-order valence-electron chi connectivity index (χ4n) is 2.00. The number of carbonyl (C=O) groups is 1. The number of amides is 1. The Kier molecular flexibility index (Phi) is 5.67. The number of benzene rings is 2. The van der Waals surface area contributed by atoms with E-state index in [9.17, 15) is 20.0 Å². The Bertz CT molecular complexity index is 833. The van der Waals surface area contributed by atoms with Crippen LogP contribution in [0.4, 0.5) is 5.69 Å². The lowest BCUT2D eigenvalue weighted by Crippen LogP contribution is -2.24. The molecule has 2 aromatic carbocycles. The van der Waals surface area contributed by atoms with Crippen LogP contribution in [0.2, 0.25) is 0 Å². The van der Waals surface area contributed by atoms with Crippen LogP contribution in [0.1, 0.15) is 16.7 Å². The maximum atomic E-state index is 11.8. The van der Waals surface area contributed by atoms with Gasteiger partial charge >= 0.3 is 0 Å². The summed E-state index contributed by atoms with van der Waals surface area (Å²) < 4.78 is 5.42. The molecule has 0 aromatic heterocycles. The molecule has 0 aliphatic carbocycles. The van der Waals surface area contributed by atoms with Crippen molar-refractivity contribution >= 4 is 17.8 Å². The molecule has 0 aliphatic rings. The average molecular weight is 342 g/mol. The Morgan fingerprint density at radius 2 is 2.08 bits per heavy atom. The number of hydrazone groups is 1. The van der Waals surface area contributed by atoms with Gasteiger partial charge in [-0.2, -0.15) is 5.10 Å². The summed E-state index contributed by atoms with van der Waals surface area (Å²) in [5.74, 6) is -0.688. The minimum atomic E-state index is -0.768. The number of nitrogens with one attached hydrogen (secondary N) is 1. The molecule has 0 heterocycles. The Labute approximate surface area is 143 Å². The van der Waals surface area contributed by atoms with Gasteiger partial charge in [0.1, 0.15) is 5.75 Å². The van der Waals surface area contributed by atoms with E-state index in [1.54, 1.807) is 0 Å². The summed E-state index contributed by atoms with van der Waals surface area (Å²) in [7, 11) is 0. The van der Waals surface area contributed by atoms with Crippen molar-refractivity contribution < 1.29 is 19.6 Å². The molecule has 8 heteroatoms. The van der Waals surface area contributed by atoms with E-state index in [0.29, 0.717) is 5.75 Å². The van der Waals surface area contributed by atoms with E-state index >= 15 is 0 Å². The summed E-state index contributed by atoms with van der Waals surface area (Å²) in [6.45, 7) is 3.53. The van der Waals surface area contributed by atoms with E-state index in [4.69, 9.17) is 4.74 Å². The van der Waals surface area contributed by atoms with Gasteiger partial charge in [0, 0.05) is 6.07 Å². The minimum absolute atomic E-state index is 0.00458. The Morgan fingerprint density at radius 1 is 1.32 bits per heavy atom. The van der Waals surface area contributed by atoms with Gasteiger partial charge in [0.25, 0.3) is 11.6 Å². The number of nitro groups is 1. The number of rotatable bonds is 6. The first-order valence-corrected chi connectivity index (χ1v) is 7.35. The molecule has 1 N–H and O–H groups in total. The van der Waals surface area contributed by atoms with Crippen molar-refractivity contribution in [2.45, 2.75) is 13.8 Å². The second kappa shape index (κ2) is 7.91. The Morgan fingerprint density at radius 3 is 2.80 bits per heavy atom. The van der Waals surface area contributed by atoms with Gasteiger partial charge in [-0.3, -0.25) is 14.9 Å². The number of hydrogen-bond acceptors (Lipinski definition) is 6. The van der Waals surface area contributed by atoms with Crippen LogP contribution in [-0.2, 0) is 4.79 Å². The molecular weight excluding hydrogens is 326 g/mol. The van der Waals surface area contributed by atoms with E-state index in [2.05, 4.69) is 10.5 Å². The molecule has 25 heavy (non-hydrogen) atoms. The first-order valence-electron chi connectivity index (χ1n) is 7.35. The Hall–Kier alpha value is -3.42. The highest BCUT2D eigenvalue weighted by molar-refractivity contribution is 5.86. The molecular formula is C17H16N3O5-. The van der Waals surface area contributed by atoms with E-state index in [1.807, 2.05) is 32.0 Å². The van der Waals surface area contributed by atoms with Gasteiger partial charge in [-0.15, -0.1) is 0 Å². The Balaban J connectivity index is 1.94. The maximum Gasteiger partial charge on any atom is 0.277 e. The molecule has 0 aliphatic heterocycles. The van der Waals surface area contributed by atoms with Gasteiger partial charge in [-0.25, -0.2) is 5.43 Å². The number of hydrogen-bond donors (Lipinski definition) is 1. The van der Waals surface area contributed by atoms with Gasteiger partial charge in [0.05, 0.1) is 11.1 Å². The molecule has 0 saturated carbocycles. The fourth-order valence-corrected chi connectivity index (χ4v) is 2.00. The van der Waals surface area contributed by atoms with Crippen molar-refractivity contribution in [1.29, 1.82) is 0 Å². The molecule has 0 unspecified atom stereocenters. The highest BCUT2D eigenvalue weighted by atomic mass is 16.6. The van der Waals surface area contributed by atoms with Crippen LogP contribution in [-0.4, -0.2) is 23.7 Å². The molecule has 1 amide bonds. The monoisotopic (exact) mass is 342 g/mol. The molecule has 0 bridgehead atoms. The standard InChI is InChI=1S/C17H17N3O5/c1-11-6-7-12(2)15(8-11)25-10-16(21)19-18-9-13-4-3-5-14(17(13)22)20(23)24/h3-9,22H,10H2,1-2H3,(H,19,21)/p-1.